The van der Waals surface area contributed by atoms with Gasteiger partial charge in [-0.05, 0) is 82.9 Å². The van der Waals surface area contributed by atoms with Crippen molar-refractivity contribution in [2.75, 3.05) is 22.3 Å². The van der Waals surface area contributed by atoms with Crippen LogP contribution in [-0.4, -0.2) is 87.8 Å². The number of carbonyl (C=O) groups is 2. The van der Waals surface area contributed by atoms with E-state index in [2.05, 4.69) is 21.1 Å². The second-order valence-corrected chi connectivity index (χ2v) is 19.5. The Labute approximate surface area is 442 Å². The van der Waals surface area contributed by atoms with Gasteiger partial charge in [-0.2, -0.15) is 10.2 Å². The number of carbonyl (C=O) groups excluding carboxylic acids is 2. The third kappa shape index (κ3) is 13.9. The molecular weight excluding hydrogens is 959 g/mol. The van der Waals surface area contributed by atoms with E-state index in [0.717, 1.165) is 42.5 Å². The maximum absolute atomic E-state index is 13.3. The van der Waals surface area contributed by atoms with Gasteiger partial charge in [0.05, 0.1) is 41.4 Å². The molecule has 0 radical (unpaired) electrons. The number of hydrogen-bond acceptors (Lipinski definition) is 23. The Morgan fingerprint density at radius 1 is 0.493 bits per heavy atom. The molecule has 0 heterocycles. The molecule has 0 bridgehead atoms. The number of nitrogens with two attached hydrogens (primary N) is 2. The van der Waals surface area contributed by atoms with E-state index in [4.69, 9.17) is 11.5 Å². The van der Waals surface area contributed by atoms with Gasteiger partial charge in [0, 0.05) is 16.9 Å². The number of hydrogen-bond donors (Lipinski definition) is 4. The molecule has 0 saturated carbocycles. The molecule has 324 valence electrons. The summed E-state index contributed by atoms with van der Waals surface area (Å²) >= 11 is 0. The SMILES string of the molecule is Nc1ccc2c(c1)C(=O)/C(=N\Nc1ccc(/C=C/c3ccc(N/N=C4/C(=O)c5c(N)cc(S(=O)(=O)[O-])cc5C=C4S(=O)(=O)[O-])cc3S(=O)(=O)[O-])c(S(=O)(=O)[O-])c1)C(S(=O)(=O)[O-])=C2.[Li+].[Li+].[Li+].[Li+].[Li+]. The second-order valence-electron chi connectivity index (χ2n) is 12.8. The molecular formula is C34H21Li5N6O17S5. The topological polar surface area (TPSA) is 421 Å². The van der Waals surface area contributed by atoms with Crippen molar-refractivity contribution >= 4 is 121 Å². The molecule has 6 rings (SSSR count). The molecule has 6 N–H and O–H groups in total. The summed E-state index contributed by atoms with van der Waals surface area (Å²) in [5.41, 5.74) is 10.6. The number of nitrogen functional groups attached to an aromatic ring is 2. The van der Waals surface area contributed by atoms with Crippen LogP contribution in [0.3, 0.4) is 0 Å². The van der Waals surface area contributed by atoms with E-state index in [0.29, 0.717) is 30.3 Å². The van der Waals surface area contributed by atoms with Crippen molar-refractivity contribution in [2.24, 2.45) is 10.2 Å². The summed E-state index contributed by atoms with van der Waals surface area (Å²) in [6.07, 6.45) is 3.20. The monoisotopic (exact) mass is 980 g/mol. The average molecular weight is 981 g/mol. The summed E-state index contributed by atoms with van der Waals surface area (Å²) in [4.78, 5) is 21.1. The standard InChI is InChI=1S/C34H26N6O17S5.5Li/c35-20-6-3-18-10-28(61(52,53)54)31(33(41)24(18)12-20)39-37-21-7-4-16(26(13-21)59(46,47)48)1-2-17-5-8-22(14-27(17)60(49,50)51)38-40-32-29(62(55,56)57)11-19-9-23(58(43,44)45)15-25(36)30(19)34(32)42;;;;;/h1-15,37-38H,35-36H2,(H,43,44,45)(H,46,47,48)(H,49,50,51)(H,52,53,54)(H,55,56,57);;;;;/q;5*+1/p-5/b2-1+,39-31-,40-32+;;;;;. The minimum absolute atomic E-state index is 0. The molecule has 67 heavy (non-hydrogen) atoms. The van der Waals surface area contributed by atoms with Crippen LogP contribution in [0.15, 0.2) is 101 Å². The molecule has 0 aromatic heterocycles. The van der Waals surface area contributed by atoms with Gasteiger partial charge in [-0.25, -0.2) is 42.1 Å². The number of anilines is 4. The van der Waals surface area contributed by atoms with Crippen molar-refractivity contribution in [3.63, 3.8) is 0 Å². The first-order valence-electron chi connectivity index (χ1n) is 16.3. The van der Waals surface area contributed by atoms with Crippen molar-refractivity contribution in [1.29, 1.82) is 0 Å². The summed E-state index contributed by atoms with van der Waals surface area (Å²) in [5.74, 6) is -2.39. The minimum atomic E-state index is -5.57. The Kier molecular flexibility index (Phi) is 20.7. The van der Waals surface area contributed by atoms with Crippen LogP contribution in [0.4, 0.5) is 22.7 Å². The van der Waals surface area contributed by atoms with Crippen LogP contribution in [0.1, 0.15) is 43.0 Å². The zero-order valence-corrected chi connectivity index (χ0v) is 39.3. The van der Waals surface area contributed by atoms with Crippen LogP contribution in [0.2, 0.25) is 0 Å². The number of fused-ring (bicyclic) bond motifs is 2. The van der Waals surface area contributed by atoms with Crippen LogP contribution in [0, 0.1) is 0 Å². The maximum Gasteiger partial charge on any atom is 1.00 e. The number of benzene rings is 4. The summed E-state index contributed by atoms with van der Waals surface area (Å²) in [6.45, 7) is 0. The minimum Gasteiger partial charge on any atom is -0.744 e. The summed E-state index contributed by atoms with van der Waals surface area (Å²) in [5, 5.41) is 7.28. The molecule has 4 aromatic carbocycles. The quantitative estimate of drug-likeness (QED) is 0.0356. The largest absolute Gasteiger partial charge is 1.00 e. The molecule has 0 saturated heterocycles. The first-order chi connectivity index (χ1) is 28.5. The van der Waals surface area contributed by atoms with Gasteiger partial charge >= 0.3 is 94.3 Å². The zero-order valence-electron chi connectivity index (χ0n) is 35.2. The Morgan fingerprint density at radius 2 is 0.925 bits per heavy atom. The van der Waals surface area contributed by atoms with Gasteiger partial charge in [0.15, 0.2) is 0 Å². The van der Waals surface area contributed by atoms with Gasteiger partial charge < -0.3 is 34.2 Å². The molecule has 23 nitrogen and oxygen atoms in total. The van der Waals surface area contributed by atoms with Crippen molar-refractivity contribution in [1.82, 2.24) is 0 Å². The number of nitrogens with one attached hydrogen (secondary N) is 2. The fourth-order valence-electron chi connectivity index (χ4n) is 5.89. The van der Waals surface area contributed by atoms with E-state index in [9.17, 15) is 74.4 Å². The van der Waals surface area contributed by atoms with Gasteiger partial charge in [-0.3, -0.25) is 20.4 Å². The summed E-state index contributed by atoms with van der Waals surface area (Å²) < 4.78 is 181. The van der Waals surface area contributed by atoms with Gasteiger partial charge in [0.2, 0.25) is 11.6 Å². The predicted molar refractivity (Wildman–Crippen MR) is 214 cm³/mol. The average Bonchev–Trinajstić information content (AvgIpc) is 3.14. The van der Waals surface area contributed by atoms with Crippen LogP contribution >= 0.6 is 0 Å². The van der Waals surface area contributed by atoms with E-state index in [1.807, 2.05) is 0 Å². The number of allylic oxidation sites excluding steroid dienone is 2. The third-order valence-corrected chi connectivity index (χ3v) is 12.9. The zero-order chi connectivity index (χ0) is 45.9. The molecule has 0 spiro atoms. The second kappa shape index (κ2) is 22.5. The first-order valence-corrected chi connectivity index (χ1v) is 23.4. The molecule has 0 amide bonds. The normalized spacial score (nSPS) is 15.0. The van der Waals surface area contributed by atoms with Crippen molar-refractivity contribution < 1.29 is 169 Å². The molecule has 2 aliphatic carbocycles. The fourth-order valence-corrected chi connectivity index (χ4v) is 9.12. The van der Waals surface area contributed by atoms with Gasteiger partial charge in [0.1, 0.15) is 62.0 Å². The molecule has 0 fully saturated rings. The summed E-state index contributed by atoms with van der Waals surface area (Å²) in [7, 11) is -26.9. The number of Topliss-reactive ketones (excluding diaryl/α,β-unsaturated/α-hetero) is 2. The van der Waals surface area contributed by atoms with Gasteiger partial charge in [-0.1, -0.05) is 30.4 Å². The van der Waals surface area contributed by atoms with E-state index in [-0.39, 0.29) is 117 Å². The molecule has 0 atom stereocenters. The van der Waals surface area contributed by atoms with Crippen LogP contribution in [-0.2, 0) is 50.6 Å². The molecule has 0 unspecified atom stereocenters. The van der Waals surface area contributed by atoms with E-state index in [1.54, 1.807) is 0 Å². The Bertz CT molecular complexity index is 3460. The van der Waals surface area contributed by atoms with Crippen LogP contribution < -0.4 is 117 Å². The van der Waals surface area contributed by atoms with E-state index in [1.165, 1.54) is 18.2 Å². The van der Waals surface area contributed by atoms with E-state index >= 15 is 0 Å². The molecule has 0 aliphatic heterocycles. The van der Waals surface area contributed by atoms with Gasteiger partial charge in [0.25, 0.3) is 0 Å². The van der Waals surface area contributed by atoms with Crippen LogP contribution in [0.25, 0.3) is 24.3 Å². The maximum atomic E-state index is 13.3. The first kappa shape index (κ1) is 61.5. The summed E-state index contributed by atoms with van der Waals surface area (Å²) in [6, 6.07) is 10.4. The number of hydrazone groups is 2. The Balaban J connectivity index is 0.00000449. The molecule has 4 aromatic rings. The fraction of sp³-hybridized carbons (Fsp3) is 0. The van der Waals surface area contributed by atoms with E-state index < -0.39 is 132 Å². The third-order valence-electron chi connectivity index (χ3n) is 8.62. The van der Waals surface area contributed by atoms with Crippen molar-refractivity contribution in [2.45, 2.75) is 14.7 Å². The van der Waals surface area contributed by atoms with Crippen LogP contribution in [0.5, 0.6) is 0 Å². The van der Waals surface area contributed by atoms with Crippen molar-refractivity contribution in [3.8, 4) is 0 Å². The van der Waals surface area contributed by atoms with Gasteiger partial charge in [-0.15, -0.1) is 0 Å². The van der Waals surface area contributed by atoms with Crippen molar-refractivity contribution in [3.05, 3.63) is 110 Å². The number of ketones is 2. The molecule has 33 heteroatoms. The smallest absolute Gasteiger partial charge is 0.744 e. The number of nitrogens with zero attached hydrogens (tertiary/aromatic N) is 2. The number of rotatable bonds is 11. The Hall–Kier alpha value is -3.48. The Morgan fingerprint density at radius 3 is 1.34 bits per heavy atom. The molecule has 2 aliphatic rings. The predicted octanol–water partition coefficient (Wildman–Crippen LogP) is -14.1.